The van der Waals surface area contributed by atoms with Gasteiger partial charge >= 0.3 is 5.97 Å². The fraction of sp³-hybridized carbons (Fsp3) is 0.333. The van der Waals surface area contributed by atoms with E-state index in [-0.39, 0.29) is 28.1 Å². The van der Waals surface area contributed by atoms with E-state index in [1.165, 1.54) is 26.2 Å². The SMILES string of the molecule is COCCOc1cc(NC(=O)C(C)(O)CSc2ccccc2C(=O)OC)c(Cl)cc1Cl. The number of anilines is 1. The number of benzene rings is 2. The highest BCUT2D eigenvalue weighted by Crippen LogP contribution is 2.35. The quantitative estimate of drug-likeness (QED) is 0.293. The average Bonchev–Trinajstić information content (AvgIpc) is 2.75. The van der Waals surface area contributed by atoms with Crippen molar-refractivity contribution in [3.05, 3.63) is 52.0 Å². The van der Waals surface area contributed by atoms with Crippen molar-refractivity contribution in [2.75, 3.05) is 38.5 Å². The van der Waals surface area contributed by atoms with E-state index in [9.17, 15) is 14.7 Å². The third-order valence-electron chi connectivity index (χ3n) is 4.11. The molecule has 7 nitrogen and oxygen atoms in total. The lowest BCUT2D eigenvalue weighted by molar-refractivity contribution is -0.130. The molecule has 0 radical (unpaired) electrons. The first-order valence-electron chi connectivity index (χ1n) is 9.14. The number of aliphatic hydroxyl groups is 1. The molecule has 0 saturated heterocycles. The van der Waals surface area contributed by atoms with Gasteiger partial charge in [0.05, 0.1) is 35.0 Å². The third-order valence-corrected chi connectivity index (χ3v) is 6.09. The molecule has 1 atom stereocenters. The molecule has 0 aromatic heterocycles. The van der Waals surface area contributed by atoms with Gasteiger partial charge in [-0.05, 0) is 25.1 Å². The Kier molecular flexibility index (Phi) is 9.46. The Bertz CT molecular complexity index is 938. The van der Waals surface area contributed by atoms with Gasteiger partial charge in [-0.25, -0.2) is 4.79 Å². The predicted octanol–water partition coefficient (Wildman–Crippen LogP) is 4.29. The number of hydrogen-bond acceptors (Lipinski definition) is 7. The summed E-state index contributed by atoms with van der Waals surface area (Å²) in [5, 5.41) is 13.8. The Morgan fingerprint density at radius 2 is 1.84 bits per heavy atom. The molecule has 10 heteroatoms. The topological polar surface area (TPSA) is 94.1 Å². The molecule has 0 heterocycles. The molecule has 0 spiro atoms. The fourth-order valence-corrected chi connectivity index (χ4v) is 3.92. The summed E-state index contributed by atoms with van der Waals surface area (Å²) in [5.74, 6) is -0.877. The van der Waals surface area contributed by atoms with Gasteiger partial charge in [-0.3, -0.25) is 4.79 Å². The maximum atomic E-state index is 12.7. The highest BCUT2D eigenvalue weighted by molar-refractivity contribution is 7.99. The molecule has 0 aliphatic heterocycles. The van der Waals surface area contributed by atoms with E-state index >= 15 is 0 Å². The molecule has 0 bridgehead atoms. The number of halogens is 2. The number of rotatable bonds is 10. The number of amides is 1. The second-order valence-corrected chi connectivity index (χ2v) is 8.44. The van der Waals surface area contributed by atoms with Crippen LogP contribution < -0.4 is 10.1 Å². The highest BCUT2D eigenvalue weighted by atomic mass is 35.5. The van der Waals surface area contributed by atoms with Crippen molar-refractivity contribution in [3.63, 3.8) is 0 Å². The fourth-order valence-electron chi connectivity index (χ4n) is 2.38. The lowest BCUT2D eigenvalue weighted by atomic mass is 10.1. The number of methoxy groups -OCH3 is 2. The van der Waals surface area contributed by atoms with Crippen molar-refractivity contribution in [3.8, 4) is 5.75 Å². The largest absolute Gasteiger partial charge is 0.490 e. The van der Waals surface area contributed by atoms with Crippen LogP contribution in [-0.2, 0) is 14.3 Å². The molecule has 2 rings (SSSR count). The summed E-state index contributed by atoms with van der Waals surface area (Å²) in [4.78, 5) is 25.2. The summed E-state index contributed by atoms with van der Waals surface area (Å²) >= 11 is 13.5. The average molecular weight is 488 g/mol. The summed E-state index contributed by atoms with van der Waals surface area (Å²) in [6.45, 7) is 1.99. The van der Waals surface area contributed by atoms with E-state index in [1.54, 1.807) is 31.4 Å². The van der Waals surface area contributed by atoms with Crippen molar-refractivity contribution in [2.45, 2.75) is 17.4 Å². The van der Waals surface area contributed by atoms with Gasteiger partial charge in [0.15, 0.2) is 0 Å². The number of hydrogen-bond donors (Lipinski definition) is 2. The van der Waals surface area contributed by atoms with Gasteiger partial charge < -0.3 is 24.6 Å². The first-order valence-corrected chi connectivity index (χ1v) is 10.9. The van der Waals surface area contributed by atoms with Crippen LogP contribution in [-0.4, -0.2) is 55.8 Å². The van der Waals surface area contributed by atoms with Crippen molar-refractivity contribution in [2.24, 2.45) is 0 Å². The second kappa shape index (κ2) is 11.6. The van der Waals surface area contributed by atoms with Crippen molar-refractivity contribution >= 4 is 52.5 Å². The number of ether oxygens (including phenoxy) is 3. The van der Waals surface area contributed by atoms with Gasteiger partial charge in [-0.1, -0.05) is 35.3 Å². The molecule has 2 aromatic carbocycles. The summed E-state index contributed by atoms with van der Waals surface area (Å²) in [5.41, 5.74) is -1.18. The van der Waals surface area contributed by atoms with Gasteiger partial charge in [0.2, 0.25) is 0 Å². The normalized spacial score (nSPS) is 12.7. The standard InChI is InChI=1S/C21H23Cl2NO6S/c1-21(27,12-31-18-7-5-4-6-13(18)19(25)29-3)20(26)24-16-11-17(30-9-8-28-2)15(23)10-14(16)22/h4-7,10-11,27H,8-9,12H2,1-3H3,(H,24,26). The Morgan fingerprint density at radius 3 is 2.52 bits per heavy atom. The van der Waals surface area contributed by atoms with Crippen LogP contribution in [0.5, 0.6) is 5.75 Å². The third kappa shape index (κ3) is 7.02. The van der Waals surface area contributed by atoms with Crippen LogP contribution in [0, 0.1) is 0 Å². The lowest BCUT2D eigenvalue weighted by Gasteiger charge is -2.23. The van der Waals surface area contributed by atoms with Crippen LogP contribution in [0.2, 0.25) is 10.0 Å². The molecule has 0 aliphatic carbocycles. The zero-order chi connectivity index (χ0) is 23.0. The highest BCUT2D eigenvalue weighted by Gasteiger charge is 2.31. The number of esters is 1. The number of carbonyl (C=O) groups excluding carboxylic acids is 2. The molecule has 1 amide bonds. The Balaban J connectivity index is 2.11. The lowest BCUT2D eigenvalue weighted by Crippen LogP contribution is -2.42. The summed E-state index contributed by atoms with van der Waals surface area (Å²) < 4.78 is 15.2. The molecule has 2 N–H and O–H groups in total. The molecule has 0 aliphatic rings. The minimum atomic E-state index is -1.77. The predicted molar refractivity (Wildman–Crippen MR) is 122 cm³/mol. The van der Waals surface area contributed by atoms with Crippen LogP contribution >= 0.6 is 35.0 Å². The first-order chi connectivity index (χ1) is 14.7. The van der Waals surface area contributed by atoms with Crippen LogP contribution in [0.1, 0.15) is 17.3 Å². The van der Waals surface area contributed by atoms with Crippen molar-refractivity contribution < 1.29 is 28.9 Å². The monoisotopic (exact) mass is 487 g/mol. The second-order valence-electron chi connectivity index (χ2n) is 6.61. The maximum Gasteiger partial charge on any atom is 0.338 e. The van der Waals surface area contributed by atoms with E-state index in [1.807, 2.05) is 0 Å². The Hall–Kier alpha value is -1.97. The Labute approximate surface area is 195 Å². The zero-order valence-corrected chi connectivity index (χ0v) is 19.6. The van der Waals surface area contributed by atoms with Crippen LogP contribution in [0.3, 0.4) is 0 Å². The van der Waals surface area contributed by atoms with E-state index in [4.69, 9.17) is 37.4 Å². The van der Waals surface area contributed by atoms with E-state index in [0.29, 0.717) is 22.8 Å². The molecule has 1 unspecified atom stereocenters. The summed E-state index contributed by atoms with van der Waals surface area (Å²) in [6.07, 6.45) is 0. The van der Waals surface area contributed by atoms with Gasteiger partial charge in [0.1, 0.15) is 18.0 Å². The van der Waals surface area contributed by atoms with Gasteiger partial charge in [0.25, 0.3) is 5.91 Å². The van der Waals surface area contributed by atoms with E-state index < -0.39 is 17.5 Å². The van der Waals surface area contributed by atoms with Gasteiger partial charge in [0, 0.05) is 23.8 Å². The molecule has 168 valence electrons. The van der Waals surface area contributed by atoms with Crippen LogP contribution in [0.15, 0.2) is 41.3 Å². The van der Waals surface area contributed by atoms with Crippen molar-refractivity contribution in [1.82, 2.24) is 0 Å². The number of nitrogens with one attached hydrogen (secondary N) is 1. The number of thioether (sulfide) groups is 1. The zero-order valence-electron chi connectivity index (χ0n) is 17.2. The summed E-state index contributed by atoms with van der Waals surface area (Å²) in [6, 6.07) is 9.70. The maximum absolute atomic E-state index is 12.7. The minimum Gasteiger partial charge on any atom is -0.490 e. The van der Waals surface area contributed by atoms with Gasteiger partial charge in [-0.2, -0.15) is 0 Å². The van der Waals surface area contributed by atoms with Crippen LogP contribution in [0.25, 0.3) is 0 Å². The Morgan fingerprint density at radius 1 is 1.13 bits per heavy atom. The first kappa shape index (κ1) is 25.3. The molecular weight excluding hydrogens is 465 g/mol. The summed E-state index contributed by atoms with van der Waals surface area (Å²) in [7, 11) is 2.83. The molecule has 0 fully saturated rings. The number of carbonyl (C=O) groups is 2. The molecule has 2 aromatic rings. The van der Waals surface area contributed by atoms with E-state index in [0.717, 1.165) is 11.8 Å². The minimum absolute atomic E-state index is 0.0186. The van der Waals surface area contributed by atoms with E-state index in [2.05, 4.69) is 5.32 Å². The smallest absolute Gasteiger partial charge is 0.338 e. The van der Waals surface area contributed by atoms with Crippen LogP contribution in [0.4, 0.5) is 5.69 Å². The van der Waals surface area contributed by atoms with Gasteiger partial charge in [-0.15, -0.1) is 11.8 Å². The molecule has 0 saturated carbocycles. The van der Waals surface area contributed by atoms with Crippen molar-refractivity contribution in [1.29, 1.82) is 0 Å². The molecule has 31 heavy (non-hydrogen) atoms. The molecular formula is C21H23Cl2NO6S.